The van der Waals surface area contributed by atoms with Gasteiger partial charge in [-0.25, -0.2) is 9.97 Å². The molecule has 4 heterocycles. The molecule has 42 heavy (non-hydrogen) atoms. The minimum Gasteiger partial charge on any atom is -0.365 e. The molecule has 3 aromatic heterocycles. The van der Waals surface area contributed by atoms with Crippen LogP contribution in [0.5, 0.6) is 0 Å². The molecule has 212 valence electrons. The Bertz CT molecular complexity index is 1760. The maximum atomic E-state index is 14.4. The summed E-state index contributed by atoms with van der Waals surface area (Å²) in [6.07, 6.45) is 5.30. The first-order chi connectivity index (χ1) is 20.4. The Morgan fingerprint density at radius 2 is 1.83 bits per heavy atom. The molecule has 2 amide bonds. The first-order valence-electron chi connectivity index (χ1n) is 14.0. The van der Waals surface area contributed by atoms with Crippen molar-refractivity contribution in [2.75, 3.05) is 23.3 Å². The molecule has 9 heteroatoms. The highest BCUT2D eigenvalue weighted by Gasteiger charge is 2.34. The van der Waals surface area contributed by atoms with Gasteiger partial charge in [-0.15, -0.1) is 0 Å². The number of benzene rings is 2. The number of pyridine rings is 2. The van der Waals surface area contributed by atoms with E-state index >= 15 is 0 Å². The number of hydrogen-bond donors (Lipinski definition) is 3. The third-order valence-corrected chi connectivity index (χ3v) is 7.80. The SMILES string of the molecule is CC1(C)CN(C(=O)CN)Cc2cc(N(C(=O)c3cccnc3NCc3ccnc4[nH]ccc34)c3ccccc3)ccc21. The van der Waals surface area contributed by atoms with E-state index in [4.69, 9.17) is 5.73 Å². The van der Waals surface area contributed by atoms with Gasteiger partial charge in [0.2, 0.25) is 5.91 Å². The highest BCUT2D eigenvalue weighted by atomic mass is 16.2. The lowest BCUT2D eigenvalue weighted by Gasteiger charge is -2.40. The molecule has 5 aromatic rings. The van der Waals surface area contributed by atoms with E-state index in [0.717, 1.165) is 33.4 Å². The van der Waals surface area contributed by atoms with Crippen molar-refractivity contribution in [3.8, 4) is 0 Å². The van der Waals surface area contributed by atoms with Gasteiger partial charge < -0.3 is 20.9 Å². The minimum absolute atomic E-state index is 0.0361. The van der Waals surface area contributed by atoms with Crippen LogP contribution in [0, 0.1) is 0 Å². The quantitative estimate of drug-likeness (QED) is 0.254. The Morgan fingerprint density at radius 3 is 2.64 bits per heavy atom. The summed E-state index contributed by atoms with van der Waals surface area (Å²) in [5, 5.41) is 4.39. The maximum Gasteiger partial charge on any atom is 0.266 e. The second kappa shape index (κ2) is 11.1. The van der Waals surface area contributed by atoms with Gasteiger partial charge in [0.1, 0.15) is 11.5 Å². The van der Waals surface area contributed by atoms with Gasteiger partial charge in [0, 0.05) is 60.4 Å². The highest BCUT2D eigenvalue weighted by Crippen LogP contribution is 2.38. The Balaban J connectivity index is 1.37. The van der Waals surface area contributed by atoms with E-state index < -0.39 is 0 Å². The number of nitrogens with two attached hydrogens (primary N) is 1. The molecule has 0 saturated carbocycles. The summed E-state index contributed by atoms with van der Waals surface area (Å²) in [6, 6.07) is 23.1. The molecule has 1 aliphatic rings. The number of aromatic nitrogens is 3. The lowest BCUT2D eigenvalue weighted by atomic mass is 9.78. The summed E-state index contributed by atoms with van der Waals surface area (Å²) in [7, 11) is 0. The molecule has 0 saturated heterocycles. The molecule has 1 aliphatic heterocycles. The zero-order valence-corrected chi connectivity index (χ0v) is 23.7. The summed E-state index contributed by atoms with van der Waals surface area (Å²) in [5.41, 5.74) is 11.3. The van der Waals surface area contributed by atoms with Crippen LogP contribution in [-0.4, -0.2) is 44.8 Å². The van der Waals surface area contributed by atoms with Crippen molar-refractivity contribution in [3.05, 3.63) is 114 Å². The van der Waals surface area contributed by atoms with Crippen molar-refractivity contribution < 1.29 is 9.59 Å². The number of nitrogens with one attached hydrogen (secondary N) is 2. The Morgan fingerprint density at radius 1 is 1.00 bits per heavy atom. The summed E-state index contributed by atoms with van der Waals surface area (Å²) in [4.78, 5) is 42.5. The zero-order chi connectivity index (χ0) is 29.3. The van der Waals surface area contributed by atoms with E-state index in [1.165, 1.54) is 0 Å². The van der Waals surface area contributed by atoms with Crippen LogP contribution in [0.2, 0.25) is 0 Å². The van der Waals surface area contributed by atoms with E-state index in [9.17, 15) is 9.59 Å². The average molecular weight is 560 g/mol. The fraction of sp³-hybridized carbons (Fsp3) is 0.212. The van der Waals surface area contributed by atoms with Crippen LogP contribution >= 0.6 is 0 Å². The van der Waals surface area contributed by atoms with Gasteiger partial charge >= 0.3 is 0 Å². The molecule has 0 unspecified atom stereocenters. The maximum absolute atomic E-state index is 14.4. The fourth-order valence-electron chi connectivity index (χ4n) is 5.79. The molecule has 0 bridgehead atoms. The number of carbonyl (C=O) groups is 2. The lowest BCUT2D eigenvalue weighted by molar-refractivity contribution is -0.131. The van der Waals surface area contributed by atoms with Crippen molar-refractivity contribution >= 4 is 40.0 Å². The van der Waals surface area contributed by atoms with Gasteiger partial charge in [0.15, 0.2) is 0 Å². The number of H-pyrrole nitrogens is 1. The molecule has 2 aromatic carbocycles. The standard InChI is InChI=1S/C33H33N7O2/c1-33(2)21-39(29(41)18-34)20-23-17-25(10-11-28(23)33)40(24-7-4-3-5-8-24)32(42)27-9-6-14-35-31(27)38-19-22-12-15-36-30-26(22)13-16-37-30/h3-17H,18-21,34H2,1-2H3,(H,35,38)(H,36,37). The van der Waals surface area contributed by atoms with Crippen molar-refractivity contribution in [1.29, 1.82) is 0 Å². The number of amides is 2. The van der Waals surface area contributed by atoms with Crippen LogP contribution in [0.15, 0.2) is 91.4 Å². The number of rotatable bonds is 7. The predicted molar refractivity (Wildman–Crippen MR) is 165 cm³/mol. The summed E-state index contributed by atoms with van der Waals surface area (Å²) in [5.74, 6) is 0.179. The summed E-state index contributed by atoms with van der Waals surface area (Å²) >= 11 is 0. The number of anilines is 3. The fourth-order valence-corrected chi connectivity index (χ4v) is 5.79. The molecule has 0 fully saturated rings. The molecular formula is C33H33N7O2. The molecule has 0 radical (unpaired) electrons. The smallest absolute Gasteiger partial charge is 0.266 e. The molecule has 6 rings (SSSR count). The molecule has 0 atom stereocenters. The van der Waals surface area contributed by atoms with Gasteiger partial charge in [-0.2, -0.15) is 0 Å². The third kappa shape index (κ3) is 5.10. The van der Waals surface area contributed by atoms with Crippen LogP contribution in [-0.2, 0) is 23.3 Å². The molecule has 9 nitrogen and oxygen atoms in total. The number of nitrogens with zero attached hydrogens (tertiary/aromatic N) is 4. The van der Waals surface area contributed by atoms with Crippen LogP contribution < -0.4 is 16.0 Å². The van der Waals surface area contributed by atoms with Gasteiger partial charge in [0.25, 0.3) is 5.91 Å². The number of para-hydroxylation sites is 1. The Hall–Kier alpha value is -5.02. The largest absolute Gasteiger partial charge is 0.365 e. The first kappa shape index (κ1) is 27.2. The van der Waals surface area contributed by atoms with E-state index in [1.807, 2.05) is 60.8 Å². The van der Waals surface area contributed by atoms with E-state index in [1.54, 1.807) is 34.3 Å². The van der Waals surface area contributed by atoms with Crippen molar-refractivity contribution in [2.45, 2.75) is 32.4 Å². The van der Waals surface area contributed by atoms with Crippen LogP contribution in [0.1, 0.15) is 40.9 Å². The van der Waals surface area contributed by atoms with Gasteiger partial charge in [0.05, 0.1) is 12.1 Å². The van der Waals surface area contributed by atoms with E-state index in [0.29, 0.717) is 36.7 Å². The topological polar surface area (TPSA) is 120 Å². The van der Waals surface area contributed by atoms with E-state index in [-0.39, 0.29) is 23.8 Å². The molecule has 0 aliphatic carbocycles. The minimum atomic E-state index is -0.253. The number of fused-ring (bicyclic) bond motifs is 2. The average Bonchev–Trinajstić information content (AvgIpc) is 3.50. The predicted octanol–water partition coefficient (Wildman–Crippen LogP) is 5.13. The van der Waals surface area contributed by atoms with Crippen LogP contribution in [0.4, 0.5) is 17.2 Å². The lowest BCUT2D eigenvalue weighted by Crippen LogP contribution is -2.47. The summed E-state index contributed by atoms with van der Waals surface area (Å²) < 4.78 is 0. The van der Waals surface area contributed by atoms with Gasteiger partial charge in [-0.3, -0.25) is 14.5 Å². The highest BCUT2D eigenvalue weighted by molar-refractivity contribution is 6.13. The first-order valence-corrected chi connectivity index (χ1v) is 14.0. The molecular weight excluding hydrogens is 526 g/mol. The monoisotopic (exact) mass is 559 g/mol. The Kier molecular flexibility index (Phi) is 7.18. The third-order valence-electron chi connectivity index (χ3n) is 7.80. The number of carbonyl (C=O) groups excluding carboxylic acids is 2. The number of aromatic amines is 1. The normalized spacial score (nSPS) is 13.9. The van der Waals surface area contributed by atoms with Crippen LogP contribution in [0.3, 0.4) is 0 Å². The van der Waals surface area contributed by atoms with Gasteiger partial charge in [-0.05, 0) is 65.2 Å². The van der Waals surface area contributed by atoms with Crippen molar-refractivity contribution in [3.63, 3.8) is 0 Å². The van der Waals surface area contributed by atoms with Crippen molar-refractivity contribution in [1.82, 2.24) is 19.9 Å². The second-order valence-corrected chi connectivity index (χ2v) is 11.1. The van der Waals surface area contributed by atoms with Crippen LogP contribution in [0.25, 0.3) is 11.0 Å². The van der Waals surface area contributed by atoms with E-state index in [2.05, 4.69) is 40.2 Å². The number of hydrogen-bond acceptors (Lipinski definition) is 6. The molecule has 4 N–H and O–H groups in total. The van der Waals surface area contributed by atoms with Crippen molar-refractivity contribution in [2.24, 2.45) is 5.73 Å². The molecule has 0 spiro atoms. The zero-order valence-electron chi connectivity index (χ0n) is 23.7. The Labute approximate surface area is 244 Å². The second-order valence-electron chi connectivity index (χ2n) is 11.1. The summed E-state index contributed by atoms with van der Waals surface area (Å²) in [6.45, 7) is 5.72. The van der Waals surface area contributed by atoms with Gasteiger partial charge in [-0.1, -0.05) is 38.1 Å².